The number of rotatable bonds is 2. The van der Waals surface area contributed by atoms with Crippen LogP contribution in [0.25, 0.3) is 95.3 Å². The second kappa shape index (κ2) is 10.0. The first-order chi connectivity index (χ1) is 24.7. The predicted molar refractivity (Wildman–Crippen MR) is 210 cm³/mol. The summed E-state index contributed by atoms with van der Waals surface area (Å²) in [6.07, 6.45) is 0. The number of para-hydroxylation sites is 2. The van der Waals surface area contributed by atoms with Crippen LogP contribution in [0.15, 0.2) is 133 Å². The Balaban J connectivity index is 1.28. The molecule has 0 fully saturated rings. The lowest BCUT2D eigenvalue weighted by atomic mass is 10.0. The van der Waals surface area contributed by atoms with Gasteiger partial charge < -0.3 is 9.13 Å². The lowest BCUT2D eigenvalue weighted by Crippen LogP contribution is -2.04. The average molecular weight is 671 g/mol. The molecular weight excluding hydrogens is 649 g/mol. The number of fused-ring (bicyclic) bond motifs is 12. The van der Waals surface area contributed by atoms with Gasteiger partial charge in [-0.15, -0.1) is 22.7 Å². The van der Waals surface area contributed by atoms with Gasteiger partial charge in [0, 0.05) is 67.6 Å². The molecule has 4 aromatic heterocycles. The minimum atomic E-state index is 0.348. The van der Waals surface area contributed by atoms with Gasteiger partial charge in [0.25, 0.3) is 0 Å². The summed E-state index contributed by atoms with van der Waals surface area (Å²) in [6.45, 7) is 0. The first-order valence-electron chi connectivity index (χ1n) is 16.4. The summed E-state index contributed by atoms with van der Waals surface area (Å²) in [4.78, 5) is 0. The Morgan fingerprint density at radius 3 is 1.46 bits per heavy atom. The third-order valence-corrected chi connectivity index (χ3v) is 12.4. The Morgan fingerprint density at radius 2 is 0.900 bits per heavy atom. The molecule has 0 aliphatic heterocycles. The summed E-state index contributed by atoms with van der Waals surface area (Å²) in [5.74, 6) is 0. The summed E-state index contributed by atoms with van der Waals surface area (Å²) < 4.78 is 9.44. The number of hydrogen-bond donors (Lipinski definition) is 0. The molecule has 0 bridgehead atoms. The van der Waals surface area contributed by atoms with Crippen molar-refractivity contribution in [2.45, 2.75) is 0 Å². The highest BCUT2D eigenvalue weighted by molar-refractivity contribution is 7.26. The van der Waals surface area contributed by atoms with Gasteiger partial charge in [0.15, 0.2) is 0 Å². The second-order valence-corrected chi connectivity index (χ2v) is 14.9. The summed E-state index contributed by atoms with van der Waals surface area (Å²) in [7, 11) is 0. The Bertz CT molecular complexity index is 3360. The van der Waals surface area contributed by atoms with Crippen molar-refractivity contribution in [2.24, 2.45) is 0 Å². The van der Waals surface area contributed by atoms with Crippen LogP contribution in [0, 0.1) is 22.7 Å². The Hall–Kier alpha value is -6.44. The topological polar surface area (TPSA) is 57.4 Å². The first-order valence-corrected chi connectivity index (χ1v) is 18.0. The lowest BCUT2D eigenvalue weighted by Gasteiger charge is -2.16. The van der Waals surface area contributed by atoms with Crippen LogP contribution < -0.4 is 0 Å². The second-order valence-electron chi connectivity index (χ2n) is 12.7. The van der Waals surface area contributed by atoms with Crippen molar-refractivity contribution in [2.75, 3.05) is 0 Å². The molecule has 0 aliphatic rings. The molecule has 11 rings (SSSR count). The molecule has 11 aromatic rings. The van der Waals surface area contributed by atoms with E-state index >= 15 is 0 Å². The standard InChI is InChI=1S/C44H22N4S2/c45-23-25-17-26(47-36-13-5-1-9-27(36)31-21-43-33(19-39(31)47)29-11-3-7-15-41(29)49-43)18-38(35(25)24-46)48-37-14-6-2-10-28(37)32-22-44-34(20-40(32)48)30-12-4-8-16-42(30)50-44/h1-22H. The van der Waals surface area contributed by atoms with Gasteiger partial charge >= 0.3 is 0 Å². The van der Waals surface area contributed by atoms with Gasteiger partial charge in [-0.1, -0.05) is 72.8 Å². The maximum Gasteiger partial charge on any atom is 0.103 e. The van der Waals surface area contributed by atoms with Crippen molar-refractivity contribution in [1.82, 2.24) is 9.13 Å². The molecule has 0 saturated heterocycles. The van der Waals surface area contributed by atoms with E-state index in [1.54, 1.807) is 11.3 Å². The van der Waals surface area contributed by atoms with Gasteiger partial charge in [0.2, 0.25) is 0 Å². The number of nitriles is 2. The smallest absolute Gasteiger partial charge is 0.103 e. The average Bonchev–Trinajstić information content (AvgIpc) is 3.89. The summed E-state index contributed by atoms with van der Waals surface area (Å²) >= 11 is 3.62. The molecule has 230 valence electrons. The Kier molecular flexibility index (Phi) is 5.52. The van der Waals surface area contributed by atoms with E-state index in [2.05, 4.69) is 143 Å². The number of nitrogens with zero attached hydrogens (tertiary/aromatic N) is 4. The van der Waals surface area contributed by atoms with Crippen LogP contribution in [0.2, 0.25) is 0 Å². The van der Waals surface area contributed by atoms with Crippen molar-refractivity contribution in [1.29, 1.82) is 10.5 Å². The Labute approximate surface area is 293 Å². The van der Waals surface area contributed by atoms with Crippen LogP contribution in [0.1, 0.15) is 11.1 Å². The maximum absolute atomic E-state index is 10.7. The monoisotopic (exact) mass is 670 g/mol. The molecular formula is C44H22N4S2. The van der Waals surface area contributed by atoms with Crippen molar-refractivity contribution >= 4 is 107 Å². The number of benzene rings is 7. The van der Waals surface area contributed by atoms with E-state index in [1.165, 1.54) is 40.3 Å². The molecule has 4 heterocycles. The largest absolute Gasteiger partial charge is 0.309 e. The zero-order valence-electron chi connectivity index (χ0n) is 26.3. The fourth-order valence-corrected chi connectivity index (χ4v) is 10.3. The van der Waals surface area contributed by atoms with Crippen LogP contribution in [-0.4, -0.2) is 9.13 Å². The van der Waals surface area contributed by atoms with Crippen LogP contribution in [0.5, 0.6) is 0 Å². The molecule has 50 heavy (non-hydrogen) atoms. The van der Waals surface area contributed by atoms with Crippen LogP contribution in [0.3, 0.4) is 0 Å². The van der Waals surface area contributed by atoms with Gasteiger partial charge in [-0.2, -0.15) is 10.5 Å². The highest BCUT2D eigenvalue weighted by Gasteiger charge is 2.22. The molecule has 0 spiro atoms. The lowest BCUT2D eigenvalue weighted by molar-refractivity contribution is 1.12. The molecule has 0 atom stereocenters. The predicted octanol–water partition coefficient (Wildman–Crippen LogP) is 12.4. The van der Waals surface area contributed by atoms with Crippen molar-refractivity contribution in [3.63, 3.8) is 0 Å². The SMILES string of the molecule is N#Cc1cc(-n2c3ccccc3c3cc4sc5ccccc5c4cc32)cc(-n2c3ccccc3c3cc4sc5ccccc5c4cc32)c1C#N. The van der Waals surface area contributed by atoms with E-state index in [9.17, 15) is 10.5 Å². The van der Waals surface area contributed by atoms with E-state index in [1.807, 2.05) is 23.5 Å². The summed E-state index contributed by atoms with van der Waals surface area (Å²) in [5, 5.41) is 30.7. The van der Waals surface area contributed by atoms with Crippen molar-refractivity contribution in [3.8, 4) is 23.5 Å². The maximum atomic E-state index is 10.7. The van der Waals surface area contributed by atoms with Crippen LogP contribution in [-0.2, 0) is 0 Å². The van der Waals surface area contributed by atoms with Crippen LogP contribution >= 0.6 is 22.7 Å². The zero-order chi connectivity index (χ0) is 33.1. The summed E-state index contributed by atoms with van der Waals surface area (Å²) in [5.41, 5.74) is 6.37. The summed E-state index contributed by atoms with van der Waals surface area (Å²) in [6, 6.07) is 51.9. The third kappa shape index (κ3) is 3.61. The minimum absolute atomic E-state index is 0.348. The normalized spacial score (nSPS) is 12.0. The minimum Gasteiger partial charge on any atom is -0.309 e. The van der Waals surface area contributed by atoms with E-state index < -0.39 is 0 Å². The van der Waals surface area contributed by atoms with E-state index in [0.29, 0.717) is 16.8 Å². The fourth-order valence-electron chi connectivity index (χ4n) is 8.03. The van der Waals surface area contributed by atoms with E-state index in [4.69, 9.17) is 0 Å². The highest BCUT2D eigenvalue weighted by atomic mass is 32.1. The molecule has 6 heteroatoms. The quantitative estimate of drug-likeness (QED) is 0.184. The van der Waals surface area contributed by atoms with Gasteiger partial charge in [-0.3, -0.25) is 0 Å². The van der Waals surface area contributed by atoms with Gasteiger partial charge in [-0.05, 0) is 60.7 Å². The Morgan fingerprint density at radius 1 is 0.400 bits per heavy atom. The third-order valence-electron chi connectivity index (χ3n) is 10.2. The number of thiophene rings is 2. The molecule has 0 unspecified atom stereocenters. The zero-order valence-corrected chi connectivity index (χ0v) is 27.9. The molecule has 0 aliphatic carbocycles. The highest BCUT2D eigenvalue weighted by Crippen LogP contribution is 2.43. The first kappa shape index (κ1) is 27.5. The molecule has 0 amide bonds. The van der Waals surface area contributed by atoms with Crippen LogP contribution in [0.4, 0.5) is 0 Å². The van der Waals surface area contributed by atoms with Crippen molar-refractivity contribution < 1.29 is 0 Å². The molecule has 7 aromatic carbocycles. The van der Waals surface area contributed by atoms with E-state index in [0.717, 1.165) is 49.3 Å². The van der Waals surface area contributed by atoms with Crippen molar-refractivity contribution in [3.05, 3.63) is 145 Å². The molecule has 0 N–H and O–H groups in total. The number of aromatic nitrogens is 2. The fraction of sp³-hybridized carbons (Fsp3) is 0. The van der Waals surface area contributed by atoms with Gasteiger partial charge in [0.05, 0.1) is 38.9 Å². The van der Waals surface area contributed by atoms with Gasteiger partial charge in [0.1, 0.15) is 12.1 Å². The molecule has 0 radical (unpaired) electrons. The van der Waals surface area contributed by atoms with Gasteiger partial charge in [-0.25, -0.2) is 0 Å². The number of hydrogen-bond acceptors (Lipinski definition) is 4. The van der Waals surface area contributed by atoms with E-state index in [-0.39, 0.29) is 0 Å². The molecule has 4 nitrogen and oxygen atoms in total. The molecule has 0 saturated carbocycles.